The molecule has 0 aliphatic heterocycles. The first-order chi connectivity index (χ1) is 5.63. The fourth-order valence-electron chi connectivity index (χ4n) is 0.860. The van der Waals surface area contributed by atoms with E-state index in [9.17, 15) is 4.79 Å². The number of aromatic nitrogens is 2. The monoisotopic (exact) mass is 240 g/mol. The van der Waals surface area contributed by atoms with Crippen LogP contribution in [0.2, 0.25) is 0 Å². The van der Waals surface area contributed by atoms with E-state index in [1.165, 1.54) is 4.90 Å². The lowest BCUT2D eigenvalue weighted by Crippen LogP contribution is -2.39. The van der Waals surface area contributed by atoms with Gasteiger partial charge in [-0.2, -0.15) is 5.10 Å². The molecular formula is C7H14Cl2N4O. The summed E-state index contributed by atoms with van der Waals surface area (Å²) in [4.78, 5) is 12.8. The smallest absolute Gasteiger partial charge is 0.243 e. The second kappa shape index (κ2) is 6.64. The van der Waals surface area contributed by atoms with Gasteiger partial charge in [-0.05, 0) is 6.92 Å². The van der Waals surface area contributed by atoms with E-state index < -0.39 is 6.04 Å². The fraction of sp³-hybridized carbons (Fsp3) is 0.429. The largest absolute Gasteiger partial charge is 0.320 e. The van der Waals surface area contributed by atoms with Gasteiger partial charge in [0.25, 0.3) is 0 Å². The minimum absolute atomic E-state index is 0. The first-order valence-corrected chi connectivity index (χ1v) is 3.65. The zero-order valence-electron chi connectivity index (χ0n) is 7.93. The van der Waals surface area contributed by atoms with Crippen molar-refractivity contribution >= 4 is 36.4 Å². The van der Waals surface area contributed by atoms with Crippen LogP contribution in [-0.2, 0) is 4.79 Å². The van der Waals surface area contributed by atoms with E-state index in [0.29, 0.717) is 0 Å². The highest BCUT2D eigenvalue weighted by Crippen LogP contribution is 2.08. The first kappa shape index (κ1) is 15.7. The standard InChI is InChI=1S/C7H12N4O.2ClH/c1-5(8)7(12)11(2)6-3-9-10-4-6;;/h3-5H,8H2,1-2H3,(H,9,10);2*1H/t5-;;/m0../s1. The number of anilines is 1. The summed E-state index contributed by atoms with van der Waals surface area (Å²) in [6, 6.07) is -0.482. The normalized spacial score (nSPS) is 10.8. The second-order valence-corrected chi connectivity index (χ2v) is 2.64. The third kappa shape index (κ3) is 3.53. The van der Waals surface area contributed by atoms with Gasteiger partial charge in [0.05, 0.1) is 17.9 Å². The van der Waals surface area contributed by atoms with Crippen molar-refractivity contribution in [2.24, 2.45) is 5.73 Å². The summed E-state index contributed by atoms with van der Waals surface area (Å²) in [6.07, 6.45) is 3.21. The van der Waals surface area contributed by atoms with Crippen LogP contribution in [-0.4, -0.2) is 29.2 Å². The quantitative estimate of drug-likeness (QED) is 0.794. The topological polar surface area (TPSA) is 75.0 Å². The zero-order chi connectivity index (χ0) is 9.14. The number of amides is 1. The molecule has 0 bridgehead atoms. The third-order valence-corrected chi connectivity index (χ3v) is 1.59. The number of nitrogens with one attached hydrogen (secondary N) is 1. The summed E-state index contributed by atoms with van der Waals surface area (Å²) in [7, 11) is 1.66. The molecule has 0 aromatic carbocycles. The average Bonchev–Trinajstić information content (AvgIpc) is 2.53. The van der Waals surface area contributed by atoms with Crippen LogP contribution in [0.15, 0.2) is 12.4 Å². The number of H-pyrrole nitrogens is 1. The number of rotatable bonds is 2. The van der Waals surface area contributed by atoms with Crippen LogP contribution >= 0.6 is 24.8 Å². The van der Waals surface area contributed by atoms with Gasteiger partial charge in [0, 0.05) is 13.2 Å². The van der Waals surface area contributed by atoms with Gasteiger partial charge in [0.2, 0.25) is 5.91 Å². The molecule has 1 amide bonds. The summed E-state index contributed by atoms with van der Waals surface area (Å²) in [5.74, 6) is -0.128. The fourth-order valence-corrected chi connectivity index (χ4v) is 0.860. The molecule has 14 heavy (non-hydrogen) atoms. The van der Waals surface area contributed by atoms with E-state index in [2.05, 4.69) is 10.2 Å². The van der Waals surface area contributed by atoms with Crippen LogP contribution in [0, 0.1) is 0 Å². The van der Waals surface area contributed by atoms with Crippen LogP contribution in [0.1, 0.15) is 6.92 Å². The van der Waals surface area contributed by atoms with Gasteiger partial charge in [-0.1, -0.05) is 0 Å². The van der Waals surface area contributed by atoms with Crippen LogP contribution in [0.4, 0.5) is 5.69 Å². The molecular weight excluding hydrogens is 227 g/mol. The number of hydrogen-bond donors (Lipinski definition) is 2. The highest BCUT2D eigenvalue weighted by molar-refractivity contribution is 5.95. The minimum atomic E-state index is -0.482. The van der Waals surface area contributed by atoms with Gasteiger partial charge >= 0.3 is 0 Å². The van der Waals surface area contributed by atoms with Crippen molar-refractivity contribution in [2.45, 2.75) is 13.0 Å². The Morgan fingerprint density at radius 1 is 1.64 bits per heavy atom. The Morgan fingerprint density at radius 3 is 2.57 bits per heavy atom. The maximum absolute atomic E-state index is 11.3. The Morgan fingerprint density at radius 2 is 2.21 bits per heavy atom. The summed E-state index contributed by atoms with van der Waals surface area (Å²) in [6.45, 7) is 1.65. The van der Waals surface area contributed by atoms with Gasteiger partial charge in [0.1, 0.15) is 0 Å². The molecule has 0 saturated heterocycles. The molecule has 0 fully saturated rings. The Bertz CT molecular complexity index is 263. The van der Waals surface area contributed by atoms with Crippen molar-refractivity contribution in [1.29, 1.82) is 0 Å². The molecule has 1 aromatic rings. The summed E-state index contributed by atoms with van der Waals surface area (Å²) in [5.41, 5.74) is 6.14. The van der Waals surface area contributed by atoms with Gasteiger partial charge in [0.15, 0.2) is 0 Å². The van der Waals surface area contributed by atoms with E-state index in [0.717, 1.165) is 5.69 Å². The van der Waals surface area contributed by atoms with Gasteiger partial charge in [-0.25, -0.2) is 0 Å². The van der Waals surface area contributed by atoms with Crippen LogP contribution in [0.25, 0.3) is 0 Å². The summed E-state index contributed by atoms with van der Waals surface area (Å²) >= 11 is 0. The summed E-state index contributed by atoms with van der Waals surface area (Å²) in [5, 5.41) is 6.35. The maximum Gasteiger partial charge on any atom is 0.243 e. The molecule has 0 aliphatic rings. The van der Waals surface area contributed by atoms with Gasteiger partial charge < -0.3 is 10.6 Å². The molecule has 0 unspecified atom stereocenters. The van der Waals surface area contributed by atoms with Crippen molar-refractivity contribution < 1.29 is 4.79 Å². The molecule has 1 rings (SSSR count). The number of aromatic amines is 1. The molecule has 5 nitrogen and oxygen atoms in total. The van der Waals surface area contributed by atoms with Crippen molar-refractivity contribution in [3.8, 4) is 0 Å². The Hall–Kier alpha value is -0.780. The second-order valence-electron chi connectivity index (χ2n) is 2.64. The molecule has 1 heterocycles. The molecule has 0 radical (unpaired) electrons. The Labute approximate surface area is 94.9 Å². The van der Waals surface area contributed by atoms with Gasteiger partial charge in [-0.3, -0.25) is 9.89 Å². The molecule has 0 aliphatic carbocycles. The molecule has 1 atom stereocenters. The lowest BCUT2D eigenvalue weighted by Gasteiger charge is -2.16. The van der Waals surface area contributed by atoms with Crippen LogP contribution < -0.4 is 10.6 Å². The number of carbonyl (C=O) groups is 1. The third-order valence-electron chi connectivity index (χ3n) is 1.59. The molecule has 0 saturated carbocycles. The minimum Gasteiger partial charge on any atom is -0.320 e. The Kier molecular flexibility index (Phi) is 7.44. The Balaban J connectivity index is 0. The lowest BCUT2D eigenvalue weighted by atomic mass is 10.3. The predicted molar refractivity (Wildman–Crippen MR) is 60.1 cm³/mol. The molecule has 0 spiro atoms. The average molecular weight is 241 g/mol. The maximum atomic E-state index is 11.3. The molecule has 7 heteroatoms. The molecule has 1 aromatic heterocycles. The number of carbonyl (C=O) groups excluding carboxylic acids is 1. The van der Waals surface area contributed by atoms with Crippen molar-refractivity contribution in [3.05, 3.63) is 12.4 Å². The van der Waals surface area contributed by atoms with E-state index in [1.807, 2.05) is 0 Å². The zero-order valence-corrected chi connectivity index (χ0v) is 9.56. The SMILES string of the molecule is C[C@H](N)C(=O)N(C)c1cn[nH]c1.Cl.Cl. The van der Waals surface area contributed by atoms with E-state index in [-0.39, 0.29) is 30.7 Å². The molecule has 3 N–H and O–H groups in total. The van der Waals surface area contributed by atoms with Gasteiger partial charge in [-0.15, -0.1) is 24.8 Å². The van der Waals surface area contributed by atoms with Crippen molar-refractivity contribution in [1.82, 2.24) is 10.2 Å². The van der Waals surface area contributed by atoms with Crippen LogP contribution in [0.5, 0.6) is 0 Å². The number of likely N-dealkylation sites (N-methyl/N-ethyl adjacent to an activating group) is 1. The number of nitrogens with two attached hydrogens (primary N) is 1. The van der Waals surface area contributed by atoms with Crippen LogP contribution in [0.3, 0.4) is 0 Å². The first-order valence-electron chi connectivity index (χ1n) is 3.65. The highest BCUT2D eigenvalue weighted by atomic mass is 35.5. The van der Waals surface area contributed by atoms with E-state index in [4.69, 9.17) is 5.73 Å². The van der Waals surface area contributed by atoms with E-state index in [1.54, 1.807) is 26.4 Å². The number of hydrogen-bond acceptors (Lipinski definition) is 3. The molecule has 82 valence electrons. The summed E-state index contributed by atoms with van der Waals surface area (Å²) < 4.78 is 0. The van der Waals surface area contributed by atoms with Crippen molar-refractivity contribution in [3.63, 3.8) is 0 Å². The van der Waals surface area contributed by atoms with Crippen molar-refractivity contribution in [2.75, 3.05) is 11.9 Å². The predicted octanol–water partition coefficient (Wildman–Crippen LogP) is 0.563. The highest BCUT2D eigenvalue weighted by Gasteiger charge is 2.14. The van der Waals surface area contributed by atoms with E-state index >= 15 is 0 Å². The lowest BCUT2D eigenvalue weighted by molar-refractivity contribution is -0.119. The number of halogens is 2. The number of nitrogens with zero attached hydrogens (tertiary/aromatic N) is 2.